The maximum Gasteiger partial charge on any atom is 0.251 e. The van der Waals surface area contributed by atoms with Gasteiger partial charge in [-0.1, -0.05) is 30.3 Å². The van der Waals surface area contributed by atoms with Gasteiger partial charge in [0.1, 0.15) is 5.82 Å². The van der Waals surface area contributed by atoms with Gasteiger partial charge in [-0.3, -0.25) is 4.79 Å². The molecule has 0 spiro atoms. The highest BCUT2D eigenvalue weighted by Crippen LogP contribution is 2.12. The first-order valence-electron chi connectivity index (χ1n) is 6.61. The Labute approximate surface area is 122 Å². The molecule has 21 heavy (non-hydrogen) atoms. The Bertz CT molecular complexity index is 617. The van der Waals surface area contributed by atoms with Crippen LogP contribution in [0.3, 0.4) is 0 Å². The lowest BCUT2D eigenvalue weighted by atomic mass is 10.1. The summed E-state index contributed by atoms with van der Waals surface area (Å²) in [6.07, 6.45) is 0.514. The van der Waals surface area contributed by atoms with Crippen LogP contribution in [0.2, 0.25) is 0 Å². The minimum atomic E-state index is -0.561. The molecule has 2 rings (SSSR count). The van der Waals surface area contributed by atoms with Crippen LogP contribution in [0.25, 0.3) is 0 Å². The average Bonchev–Trinajstić information content (AvgIpc) is 2.50. The summed E-state index contributed by atoms with van der Waals surface area (Å²) in [5.74, 6) is -0.953. The van der Waals surface area contributed by atoms with Gasteiger partial charge < -0.3 is 16.2 Å². The SMILES string of the molecule is Nc1cc(C(=O)NC(CO)Cc2ccccc2)ccc1F. The van der Waals surface area contributed by atoms with Crippen molar-refractivity contribution < 1.29 is 14.3 Å². The average molecular weight is 288 g/mol. The highest BCUT2D eigenvalue weighted by molar-refractivity contribution is 5.95. The molecule has 0 radical (unpaired) electrons. The molecule has 0 fully saturated rings. The highest BCUT2D eigenvalue weighted by atomic mass is 19.1. The highest BCUT2D eigenvalue weighted by Gasteiger charge is 2.14. The van der Waals surface area contributed by atoms with E-state index in [0.717, 1.165) is 11.6 Å². The number of amides is 1. The topological polar surface area (TPSA) is 75.4 Å². The summed E-state index contributed by atoms with van der Waals surface area (Å²) in [5, 5.41) is 12.1. The second-order valence-electron chi connectivity index (χ2n) is 4.78. The molecule has 5 heteroatoms. The third-order valence-corrected chi connectivity index (χ3v) is 3.14. The zero-order valence-electron chi connectivity index (χ0n) is 11.4. The van der Waals surface area contributed by atoms with E-state index in [1.807, 2.05) is 30.3 Å². The van der Waals surface area contributed by atoms with Crippen molar-refractivity contribution in [3.63, 3.8) is 0 Å². The fourth-order valence-corrected chi connectivity index (χ4v) is 2.01. The van der Waals surface area contributed by atoms with E-state index in [4.69, 9.17) is 5.73 Å². The molecule has 2 aromatic carbocycles. The van der Waals surface area contributed by atoms with Gasteiger partial charge >= 0.3 is 0 Å². The summed E-state index contributed by atoms with van der Waals surface area (Å²) in [5.41, 5.74) is 6.64. The van der Waals surface area contributed by atoms with Gasteiger partial charge in [0.15, 0.2) is 0 Å². The van der Waals surface area contributed by atoms with Crippen molar-refractivity contribution in [2.75, 3.05) is 12.3 Å². The molecule has 1 amide bonds. The fourth-order valence-electron chi connectivity index (χ4n) is 2.01. The number of rotatable bonds is 5. The lowest BCUT2D eigenvalue weighted by molar-refractivity contribution is 0.0916. The molecule has 0 heterocycles. The van der Waals surface area contributed by atoms with Gasteiger partial charge in [0.05, 0.1) is 18.3 Å². The fraction of sp³-hybridized carbons (Fsp3) is 0.188. The monoisotopic (exact) mass is 288 g/mol. The molecule has 0 saturated heterocycles. The van der Waals surface area contributed by atoms with Crippen LogP contribution in [0.1, 0.15) is 15.9 Å². The normalized spacial score (nSPS) is 11.9. The summed E-state index contributed by atoms with van der Waals surface area (Å²) < 4.78 is 13.1. The molecule has 0 saturated carbocycles. The van der Waals surface area contributed by atoms with Crippen LogP contribution in [0, 0.1) is 5.82 Å². The Hall–Kier alpha value is -2.40. The summed E-state index contributed by atoms with van der Waals surface area (Å²) in [4.78, 5) is 12.1. The van der Waals surface area contributed by atoms with E-state index >= 15 is 0 Å². The minimum absolute atomic E-state index is 0.0775. The zero-order valence-corrected chi connectivity index (χ0v) is 11.4. The molecule has 4 N–H and O–H groups in total. The number of aliphatic hydroxyl groups excluding tert-OH is 1. The molecule has 4 nitrogen and oxygen atoms in total. The van der Waals surface area contributed by atoms with E-state index in [1.165, 1.54) is 12.1 Å². The number of nitrogens with two attached hydrogens (primary N) is 1. The van der Waals surface area contributed by atoms with Crippen LogP contribution >= 0.6 is 0 Å². The predicted molar refractivity (Wildman–Crippen MR) is 79.3 cm³/mol. The van der Waals surface area contributed by atoms with Gasteiger partial charge in [-0.05, 0) is 30.2 Å². The third kappa shape index (κ3) is 4.03. The van der Waals surface area contributed by atoms with Crippen LogP contribution < -0.4 is 11.1 Å². The number of carbonyl (C=O) groups excluding carboxylic acids is 1. The van der Waals surface area contributed by atoms with Gasteiger partial charge in [-0.15, -0.1) is 0 Å². The summed E-state index contributed by atoms with van der Waals surface area (Å²) in [6, 6.07) is 12.9. The molecule has 0 aliphatic carbocycles. The van der Waals surface area contributed by atoms with Crippen molar-refractivity contribution in [1.29, 1.82) is 0 Å². The Kier molecular flexibility index (Phi) is 4.90. The Balaban J connectivity index is 2.04. The maximum atomic E-state index is 13.1. The molecule has 0 bridgehead atoms. The quantitative estimate of drug-likeness (QED) is 0.734. The van der Waals surface area contributed by atoms with Crippen molar-refractivity contribution >= 4 is 11.6 Å². The van der Waals surface area contributed by atoms with Crippen LogP contribution in [-0.2, 0) is 6.42 Å². The van der Waals surface area contributed by atoms with Gasteiger partial charge in [-0.2, -0.15) is 0 Å². The van der Waals surface area contributed by atoms with Gasteiger partial charge in [0.25, 0.3) is 5.91 Å². The standard InChI is InChI=1S/C16H17FN2O2/c17-14-7-6-12(9-15(14)18)16(21)19-13(10-20)8-11-4-2-1-3-5-11/h1-7,9,13,20H,8,10,18H2,(H,19,21). The maximum absolute atomic E-state index is 13.1. The predicted octanol–water partition coefficient (Wildman–Crippen LogP) is 1.74. The molecule has 110 valence electrons. The molecule has 1 atom stereocenters. The molecular formula is C16H17FN2O2. The first kappa shape index (κ1) is 15.0. The van der Waals surface area contributed by atoms with E-state index < -0.39 is 17.8 Å². The molecule has 0 aliphatic rings. The van der Waals surface area contributed by atoms with Crippen molar-refractivity contribution in [2.45, 2.75) is 12.5 Å². The number of carbonyl (C=O) groups is 1. The second kappa shape index (κ2) is 6.85. The van der Waals surface area contributed by atoms with Gasteiger partial charge in [-0.25, -0.2) is 4.39 Å². The largest absolute Gasteiger partial charge is 0.396 e. The molecular weight excluding hydrogens is 271 g/mol. The lowest BCUT2D eigenvalue weighted by Gasteiger charge is -2.16. The third-order valence-electron chi connectivity index (χ3n) is 3.14. The van der Waals surface area contributed by atoms with Crippen LogP contribution in [0.5, 0.6) is 0 Å². The number of benzene rings is 2. The van der Waals surface area contributed by atoms with Gasteiger partial charge in [0, 0.05) is 5.56 Å². The summed E-state index contributed by atoms with van der Waals surface area (Å²) in [6.45, 7) is -0.183. The number of hydrogen-bond acceptors (Lipinski definition) is 3. The van der Waals surface area contributed by atoms with E-state index in [-0.39, 0.29) is 17.9 Å². The Morgan fingerprint density at radius 3 is 2.57 bits per heavy atom. The van der Waals surface area contributed by atoms with Crippen LogP contribution in [0.15, 0.2) is 48.5 Å². The smallest absolute Gasteiger partial charge is 0.251 e. The van der Waals surface area contributed by atoms with Crippen molar-refractivity contribution in [3.8, 4) is 0 Å². The van der Waals surface area contributed by atoms with Crippen LogP contribution in [-0.4, -0.2) is 23.7 Å². The number of nitrogens with one attached hydrogen (secondary N) is 1. The Morgan fingerprint density at radius 1 is 1.24 bits per heavy atom. The van der Waals surface area contributed by atoms with Crippen molar-refractivity contribution in [2.24, 2.45) is 0 Å². The van der Waals surface area contributed by atoms with E-state index in [9.17, 15) is 14.3 Å². The number of halogens is 1. The lowest BCUT2D eigenvalue weighted by Crippen LogP contribution is -2.39. The summed E-state index contributed by atoms with van der Waals surface area (Å²) in [7, 11) is 0. The summed E-state index contributed by atoms with van der Waals surface area (Å²) >= 11 is 0. The molecule has 1 unspecified atom stereocenters. The molecule has 0 aromatic heterocycles. The number of hydrogen-bond donors (Lipinski definition) is 3. The first-order valence-corrected chi connectivity index (χ1v) is 6.61. The number of aliphatic hydroxyl groups is 1. The van der Waals surface area contributed by atoms with Crippen LogP contribution in [0.4, 0.5) is 10.1 Å². The number of anilines is 1. The van der Waals surface area contributed by atoms with E-state index in [0.29, 0.717) is 6.42 Å². The van der Waals surface area contributed by atoms with E-state index in [2.05, 4.69) is 5.32 Å². The van der Waals surface area contributed by atoms with E-state index in [1.54, 1.807) is 0 Å². The molecule has 0 aliphatic heterocycles. The van der Waals surface area contributed by atoms with Gasteiger partial charge in [0.2, 0.25) is 0 Å². The number of nitrogen functional groups attached to an aromatic ring is 1. The Morgan fingerprint density at radius 2 is 1.95 bits per heavy atom. The first-order chi connectivity index (χ1) is 10.1. The van der Waals surface area contributed by atoms with Crippen molar-refractivity contribution in [1.82, 2.24) is 5.32 Å². The minimum Gasteiger partial charge on any atom is -0.396 e. The second-order valence-corrected chi connectivity index (χ2v) is 4.78. The molecule has 2 aromatic rings. The zero-order chi connectivity index (χ0) is 15.2. The van der Waals surface area contributed by atoms with Crippen molar-refractivity contribution in [3.05, 3.63) is 65.5 Å².